The number of hydrogen-bond donors (Lipinski definition) is 3. The van der Waals surface area contributed by atoms with Gasteiger partial charge in [0, 0.05) is 18.7 Å². The molecule has 0 radical (unpaired) electrons. The highest BCUT2D eigenvalue weighted by atomic mass is 16.2. The number of fused-ring (bicyclic) bond motifs is 1. The Bertz CT molecular complexity index is 869. The Labute approximate surface area is 164 Å². The zero-order chi connectivity index (χ0) is 20.1. The van der Waals surface area contributed by atoms with Crippen molar-refractivity contribution in [3.05, 3.63) is 71.3 Å². The van der Waals surface area contributed by atoms with Gasteiger partial charge in [-0.2, -0.15) is 0 Å². The molecule has 0 saturated carbocycles. The summed E-state index contributed by atoms with van der Waals surface area (Å²) in [6.45, 7) is 4.48. The smallest absolute Gasteiger partial charge is 0.325 e. The van der Waals surface area contributed by atoms with E-state index >= 15 is 0 Å². The Morgan fingerprint density at radius 3 is 2.29 bits per heavy atom. The highest BCUT2D eigenvalue weighted by Crippen LogP contribution is 2.41. The highest BCUT2D eigenvalue weighted by molar-refractivity contribution is 6.08. The van der Waals surface area contributed by atoms with E-state index in [1.165, 1.54) is 4.90 Å². The summed E-state index contributed by atoms with van der Waals surface area (Å²) in [7, 11) is 0. The molecular weight excluding hydrogens is 356 g/mol. The fourth-order valence-corrected chi connectivity index (χ4v) is 3.49. The van der Waals surface area contributed by atoms with Gasteiger partial charge < -0.3 is 16.0 Å². The first kappa shape index (κ1) is 19.4. The van der Waals surface area contributed by atoms with Crippen LogP contribution in [0.25, 0.3) is 0 Å². The van der Waals surface area contributed by atoms with Gasteiger partial charge in [-0.3, -0.25) is 9.69 Å². The maximum Gasteiger partial charge on any atom is 0.325 e. The fraction of sp³-hybridized carbons (Fsp3) is 0.286. The van der Waals surface area contributed by atoms with Crippen molar-refractivity contribution in [1.29, 1.82) is 0 Å². The zero-order valence-corrected chi connectivity index (χ0v) is 15.9. The van der Waals surface area contributed by atoms with Gasteiger partial charge in [0.25, 0.3) is 5.91 Å². The minimum Gasteiger partial charge on any atom is -0.338 e. The van der Waals surface area contributed by atoms with Crippen molar-refractivity contribution in [3.63, 3.8) is 0 Å². The zero-order valence-electron chi connectivity index (χ0n) is 15.9. The Hall–Kier alpha value is -3.35. The highest BCUT2D eigenvalue weighted by Gasteiger charge is 2.45. The van der Waals surface area contributed by atoms with Crippen molar-refractivity contribution in [2.45, 2.75) is 25.9 Å². The summed E-state index contributed by atoms with van der Waals surface area (Å²) in [5, 5.41) is 8.37. The number of benzene rings is 2. The third-order valence-electron chi connectivity index (χ3n) is 4.65. The van der Waals surface area contributed by atoms with Crippen LogP contribution in [0.4, 0.5) is 9.59 Å². The molecule has 1 aliphatic heterocycles. The fourth-order valence-electron chi connectivity index (χ4n) is 3.49. The molecular formula is C21H24N4O3. The number of urea groups is 2. The van der Waals surface area contributed by atoms with Crippen LogP contribution in [0.15, 0.2) is 54.6 Å². The van der Waals surface area contributed by atoms with E-state index in [0.717, 1.165) is 5.56 Å². The molecule has 7 nitrogen and oxygen atoms in total. The summed E-state index contributed by atoms with van der Waals surface area (Å²) < 4.78 is 0. The van der Waals surface area contributed by atoms with Crippen LogP contribution < -0.4 is 16.0 Å². The van der Waals surface area contributed by atoms with Crippen LogP contribution in [-0.2, 0) is 0 Å². The molecule has 3 N–H and O–H groups in total. The number of amides is 5. The number of carbonyl (C=O) groups excluding carboxylic acids is 3. The lowest BCUT2D eigenvalue weighted by atomic mass is 9.93. The van der Waals surface area contributed by atoms with E-state index in [2.05, 4.69) is 16.0 Å². The lowest BCUT2D eigenvalue weighted by Crippen LogP contribution is -2.48. The van der Waals surface area contributed by atoms with Crippen molar-refractivity contribution in [3.8, 4) is 0 Å². The van der Waals surface area contributed by atoms with Gasteiger partial charge in [-0.1, -0.05) is 48.5 Å². The lowest BCUT2D eigenvalue weighted by Gasteiger charge is -2.32. The van der Waals surface area contributed by atoms with Crippen molar-refractivity contribution in [2.24, 2.45) is 0 Å². The van der Waals surface area contributed by atoms with Gasteiger partial charge in [-0.25, -0.2) is 9.59 Å². The molecule has 3 rings (SSSR count). The predicted molar refractivity (Wildman–Crippen MR) is 106 cm³/mol. The van der Waals surface area contributed by atoms with E-state index in [4.69, 9.17) is 0 Å². The monoisotopic (exact) mass is 380 g/mol. The average molecular weight is 380 g/mol. The minimum atomic E-state index is -0.653. The molecule has 1 aliphatic rings. The van der Waals surface area contributed by atoms with Crippen LogP contribution >= 0.6 is 0 Å². The van der Waals surface area contributed by atoms with E-state index in [9.17, 15) is 14.4 Å². The normalized spacial score (nSPS) is 16.3. The van der Waals surface area contributed by atoms with Crippen LogP contribution in [0.2, 0.25) is 0 Å². The summed E-state index contributed by atoms with van der Waals surface area (Å²) in [5.74, 6) is -0.370. The second-order valence-corrected chi connectivity index (χ2v) is 6.43. The topological polar surface area (TPSA) is 90.5 Å². The standard InChI is InChI=1S/C21H24N4O3/c1-3-22-20(27)24-17(14-10-6-5-7-11-14)18-15-12-8-9-13-16(15)19(26)25(18)21(28)23-4-2/h5-13,17-18H,3-4H2,1-2H3,(H,23,28)(H2,22,24,27). The molecule has 2 aromatic rings. The van der Waals surface area contributed by atoms with Gasteiger partial charge in [0.1, 0.15) is 0 Å². The molecule has 0 spiro atoms. The minimum absolute atomic E-state index is 0.357. The van der Waals surface area contributed by atoms with Crippen molar-refractivity contribution < 1.29 is 14.4 Å². The lowest BCUT2D eigenvalue weighted by molar-refractivity contribution is 0.0755. The van der Waals surface area contributed by atoms with E-state index in [-0.39, 0.29) is 11.9 Å². The first-order valence-electron chi connectivity index (χ1n) is 9.38. The molecule has 5 amide bonds. The molecule has 1 heterocycles. The van der Waals surface area contributed by atoms with E-state index in [1.54, 1.807) is 19.1 Å². The van der Waals surface area contributed by atoms with Crippen LogP contribution in [0, 0.1) is 0 Å². The Morgan fingerprint density at radius 1 is 0.964 bits per heavy atom. The summed E-state index contributed by atoms with van der Waals surface area (Å²) >= 11 is 0. The van der Waals surface area contributed by atoms with Crippen molar-refractivity contribution in [1.82, 2.24) is 20.9 Å². The van der Waals surface area contributed by atoms with Gasteiger partial charge >= 0.3 is 12.1 Å². The summed E-state index contributed by atoms with van der Waals surface area (Å²) in [6.07, 6.45) is 0. The van der Waals surface area contributed by atoms with Crippen molar-refractivity contribution >= 4 is 18.0 Å². The first-order valence-corrected chi connectivity index (χ1v) is 9.38. The molecule has 2 unspecified atom stereocenters. The van der Waals surface area contributed by atoms with Crippen LogP contribution in [0.1, 0.15) is 47.4 Å². The van der Waals surface area contributed by atoms with Gasteiger partial charge in [0.15, 0.2) is 0 Å². The number of rotatable bonds is 5. The maximum absolute atomic E-state index is 13.0. The second kappa shape index (κ2) is 8.56. The summed E-state index contributed by atoms with van der Waals surface area (Å²) in [4.78, 5) is 39.3. The Kier molecular flexibility index (Phi) is 5.93. The third-order valence-corrected chi connectivity index (χ3v) is 4.65. The molecule has 7 heteroatoms. The van der Waals surface area contributed by atoms with Gasteiger partial charge in [-0.05, 0) is 31.0 Å². The van der Waals surface area contributed by atoms with Gasteiger partial charge in [-0.15, -0.1) is 0 Å². The molecule has 0 aliphatic carbocycles. The van der Waals surface area contributed by atoms with Gasteiger partial charge in [0.05, 0.1) is 12.1 Å². The average Bonchev–Trinajstić information content (AvgIpc) is 3.00. The maximum atomic E-state index is 13.0. The number of imide groups is 1. The second-order valence-electron chi connectivity index (χ2n) is 6.43. The van der Waals surface area contributed by atoms with Crippen LogP contribution in [0.5, 0.6) is 0 Å². The first-order chi connectivity index (χ1) is 13.6. The molecule has 0 bridgehead atoms. The molecule has 0 aromatic heterocycles. The Balaban J connectivity index is 2.10. The summed E-state index contributed by atoms with van der Waals surface area (Å²) in [6, 6.07) is 14.4. The van der Waals surface area contributed by atoms with E-state index in [1.807, 2.05) is 49.4 Å². The molecule has 0 saturated heterocycles. The van der Waals surface area contributed by atoms with Crippen LogP contribution in [0.3, 0.4) is 0 Å². The van der Waals surface area contributed by atoms with E-state index < -0.39 is 18.1 Å². The molecule has 2 atom stereocenters. The van der Waals surface area contributed by atoms with E-state index in [0.29, 0.717) is 24.2 Å². The molecule has 0 fully saturated rings. The third kappa shape index (κ3) is 3.69. The predicted octanol–water partition coefficient (Wildman–Crippen LogP) is 2.97. The molecule has 146 valence electrons. The van der Waals surface area contributed by atoms with Crippen molar-refractivity contribution in [2.75, 3.05) is 13.1 Å². The number of nitrogens with zero attached hydrogens (tertiary/aromatic N) is 1. The number of nitrogens with one attached hydrogen (secondary N) is 3. The quantitative estimate of drug-likeness (QED) is 0.745. The number of hydrogen-bond acceptors (Lipinski definition) is 3. The van der Waals surface area contributed by atoms with Crippen LogP contribution in [-0.4, -0.2) is 36.0 Å². The summed E-state index contributed by atoms with van der Waals surface area (Å²) in [5.41, 5.74) is 1.99. The molecule has 28 heavy (non-hydrogen) atoms. The number of carbonyl (C=O) groups is 3. The van der Waals surface area contributed by atoms with Gasteiger partial charge in [0.2, 0.25) is 0 Å². The largest absolute Gasteiger partial charge is 0.338 e. The SMILES string of the molecule is CCNC(=O)NC(c1ccccc1)C1c2ccccc2C(=O)N1C(=O)NCC. The molecule has 2 aromatic carbocycles. The Morgan fingerprint density at radius 2 is 1.61 bits per heavy atom.